The fraction of sp³-hybridized carbons (Fsp3) is 0.348. The number of fused-ring (bicyclic) bond motifs is 2. The van der Waals surface area contributed by atoms with Gasteiger partial charge in [-0.3, -0.25) is 4.79 Å². The zero-order chi connectivity index (χ0) is 21.8. The van der Waals surface area contributed by atoms with Gasteiger partial charge >= 0.3 is 0 Å². The summed E-state index contributed by atoms with van der Waals surface area (Å²) in [7, 11) is 5.87. The average Bonchev–Trinajstić information content (AvgIpc) is 3.23. The number of nitrogens with one attached hydrogen (secondary N) is 1. The van der Waals surface area contributed by atoms with Gasteiger partial charge in [0.15, 0.2) is 17.3 Å². The Balaban J connectivity index is 1.51. The zero-order valence-corrected chi connectivity index (χ0v) is 18.1. The van der Waals surface area contributed by atoms with Gasteiger partial charge in [0.1, 0.15) is 5.82 Å². The summed E-state index contributed by atoms with van der Waals surface area (Å²) in [4.78, 5) is 26.1. The first-order valence-corrected chi connectivity index (χ1v) is 10.3. The summed E-state index contributed by atoms with van der Waals surface area (Å²) >= 11 is 0. The minimum absolute atomic E-state index is 0.129. The second-order valence-electron chi connectivity index (χ2n) is 7.82. The zero-order valence-electron chi connectivity index (χ0n) is 18.1. The van der Waals surface area contributed by atoms with Crippen LogP contribution in [0, 0.1) is 0 Å². The highest BCUT2D eigenvalue weighted by Crippen LogP contribution is 2.32. The number of hydrogen-bond acceptors (Lipinski definition) is 7. The molecule has 0 unspecified atom stereocenters. The average molecular weight is 422 g/mol. The van der Waals surface area contributed by atoms with Gasteiger partial charge < -0.3 is 24.6 Å². The van der Waals surface area contributed by atoms with Crippen molar-refractivity contribution in [1.29, 1.82) is 0 Å². The van der Waals surface area contributed by atoms with Crippen molar-refractivity contribution in [1.82, 2.24) is 19.8 Å². The fourth-order valence-corrected chi connectivity index (χ4v) is 3.47. The van der Waals surface area contributed by atoms with Crippen LogP contribution in [0.2, 0.25) is 0 Å². The molecule has 162 valence electrons. The standard InChI is InChI=1S/C23H27N5O3/c1-27(2)12-6-11-24-22-17-7-4-5-8-18(17)25-21(26-22)14-28(3)23(29)16-9-10-19-20(13-16)31-15-30-19/h4-5,7-10,13H,6,11-12,14-15H2,1-3H3,(H,24,25,26). The van der Waals surface area contributed by atoms with Crippen molar-refractivity contribution in [2.75, 3.05) is 46.3 Å². The normalized spacial score (nSPS) is 12.4. The summed E-state index contributed by atoms with van der Waals surface area (Å²) < 4.78 is 10.7. The summed E-state index contributed by atoms with van der Waals surface area (Å²) in [6.45, 7) is 2.28. The molecule has 8 heteroatoms. The molecular weight excluding hydrogens is 394 g/mol. The Morgan fingerprint density at radius 2 is 1.87 bits per heavy atom. The van der Waals surface area contributed by atoms with E-state index in [-0.39, 0.29) is 12.7 Å². The highest BCUT2D eigenvalue weighted by atomic mass is 16.7. The minimum Gasteiger partial charge on any atom is -0.454 e. The number of carbonyl (C=O) groups excluding carboxylic acids is 1. The quantitative estimate of drug-likeness (QED) is 0.560. The van der Waals surface area contributed by atoms with Crippen LogP contribution in [-0.2, 0) is 6.54 Å². The van der Waals surface area contributed by atoms with Crippen LogP contribution in [0.25, 0.3) is 10.9 Å². The van der Waals surface area contributed by atoms with Gasteiger partial charge in [-0.2, -0.15) is 0 Å². The second kappa shape index (κ2) is 9.18. The number of carbonyl (C=O) groups is 1. The topological polar surface area (TPSA) is 79.8 Å². The number of rotatable bonds is 8. The lowest BCUT2D eigenvalue weighted by atomic mass is 10.1. The van der Waals surface area contributed by atoms with Gasteiger partial charge in [0.05, 0.1) is 12.1 Å². The highest BCUT2D eigenvalue weighted by Gasteiger charge is 2.19. The summed E-state index contributed by atoms with van der Waals surface area (Å²) in [6, 6.07) is 13.1. The molecular formula is C23H27N5O3. The first-order valence-electron chi connectivity index (χ1n) is 10.3. The summed E-state index contributed by atoms with van der Waals surface area (Å²) in [5.41, 5.74) is 1.39. The van der Waals surface area contributed by atoms with E-state index in [4.69, 9.17) is 14.5 Å². The SMILES string of the molecule is CN(C)CCCNc1nc(CN(C)C(=O)c2ccc3c(c2)OCO3)nc2ccccc12. The van der Waals surface area contributed by atoms with Gasteiger partial charge in [-0.25, -0.2) is 9.97 Å². The number of hydrogen-bond donors (Lipinski definition) is 1. The van der Waals surface area contributed by atoms with Crippen LogP contribution in [0.1, 0.15) is 22.6 Å². The molecule has 1 aliphatic heterocycles. The van der Waals surface area contributed by atoms with Crippen molar-refractivity contribution in [3.8, 4) is 11.5 Å². The first-order chi connectivity index (χ1) is 15.0. The number of nitrogens with zero attached hydrogens (tertiary/aromatic N) is 4. The van der Waals surface area contributed by atoms with Gasteiger partial charge in [-0.1, -0.05) is 12.1 Å². The minimum atomic E-state index is -0.129. The smallest absolute Gasteiger partial charge is 0.254 e. The molecule has 0 aliphatic carbocycles. The van der Waals surface area contributed by atoms with Gasteiger partial charge in [-0.05, 0) is 57.4 Å². The van der Waals surface area contributed by atoms with Crippen molar-refractivity contribution in [2.45, 2.75) is 13.0 Å². The van der Waals surface area contributed by atoms with Crippen molar-refractivity contribution in [2.24, 2.45) is 0 Å². The molecule has 0 saturated heterocycles. The number of para-hydroxylation sites is 1. The fourth-order valence-electron chi connectivity index (χ4n) is 3.47. The molecule has 1 aliphatic rings. The maximum Gasteiger partial charge on any atom is 0.254 e. The van der Waals surface area contributed by atoms with E-state index in [1.165, 1.54) is 0 Å². The molecule has 0 radical (unpaired) electrons. The third kappa shape index (κ3) is 4.86. The van der Waals surface area contributed by atoms with Crippen LogP contribution >= 0.6 is 0 Å². The molecule has 8 nitrogen and oxygen atoms in total. The van der Waals surface area contributed by atoms with Crippen LogP contribution in [-0.4, -0.2) is 66.7 Å². The predicted molar refractivity (Wildman–Crippen MR) is 120 cm³/mol. The molecule has 0 fully saturated rings. The van der Waals surface area contributed by atoms with Gasteiger partial charge in [-0.15, -0.1) is 0 Å². The summed E-state index contributed by atoms with van der Waals surface area (Å²) in [5.74, 6) is 2.50. The molecule has 0 bridgehead atoms. The second-order valence-corrected chi connectivity index (χ2v) is 7.82. The van der Waals surface area contributed by atoms with E-state index < -0.39 is 0 Å². The largest absolute Gasteiger partial charge is 0.454 e. The number of amides is 1. The van der Waals surface area contributed by atoms with E-state index in [1.54, 1.807) is 30.1 Å². The van der Waals surface area contributed by atoms with Crippen molar-refractivity contribution in [3.63, 3.8) is 0 Å². The predicted octanol–water partition coefficient (Wildman–Crippen LogP) is 2.99. The molecule has 1 amide bonds. The summed E-state index contributed by atoms with van der Waals surface area (Å²) in [5, 5.41) is 4.41. The molecule has 4 rings (SSSR count). The maximum absolute atomic E-state index is 12.9. The summed E-state index contributed by atoms with van der Waals surface area (Å²) in [6.07, 6.45) is 1.00. The molecule has 1 N–H and O–H groups in total. The van der Waals surface area contributed by atoms with Gasteiger partial charge in [0, 0.05) is 24.5 Å². The van der Waals surface area contributed by atoms with Crippen molar-refractivity contribution in [3.05, 3.63) is 53.9 Å². The maximum atomic E-state index is 12.9. The Hall–Kier alpha value is -3.39. The number of anilines is 1. The third-order valence-corrected chi connectivity index (χ3v) is 5.07. The van der Waals surface area contributed by atoms with Crippen LogP contribution < -0.4 is 14.8 Å². The van der Waals surface area contributed by atoms with E-state index in [2.05, 4.69) is 29.3 Å². The molecule has 2 aromatic carbocycles. The third-order valence-electron chi connectivity index (χ3n) is 5.07. The molecule has 3 aromatic rings. The van der Waals surface area contributed by atoms with E-state index in [0.29, 0.717) is 29.4 Å². The lowest BCUT2D eigenvalue weighted by Gasteiger charge is -2.18. The molecule has 0 saturated carbocycles. The van der Waals surface area contributed by atoms with E-state index in [9.17, 15) is 4.79 Å². The van der Waals surface area contributed by atoms with Crippen molar-refractivity contribution < 1.29 is 14.3 Å². The molecule has 1 aromatic heterocycles. The lowest BCUT2D eigenvalue weighted by molar-refractivity contribution is 0.0781. The van der Waals surface area contributed by atoms with Gasteiger partial charge in [0.2, 0.25) is 6.79 Å². The van der Waals surface area contributed by atoms with Crippen LogP contribution in [0.5, 0.6) is 11.5 Å². The highest BCUT2D eigenvalue weighted by molar-refractivity contribution is 5.95. The molecule has 0 spiro atoms. The monoisotopic (exact) mass is 421 g/mol. The first kappa shape index (κ1) is 20.9. The molecule has 31 heavy (non-hydrogen) atoms. The Morgan fingerprint density at radius 3 is 2.71 bits per heavy atom. The van der Waals surface area contributed by atoms with Crippen LogP contribution in [0.3, 0.4) is 0 Å². The molecule has 2 heterocycles. The van der Waals surface area contributed by atoms with Crippen molar-refractivity contribution >= 4 is 22.6 Å². The number of benzene rings is 2. The van der Waals surface area contributed by atoms with E-state index >= 15 is 0 Å². The van der Waals surface area contributed by atoms with E-state index in [0.717, 1.165) is 36.2 Å². The van der Waals surface area contributed by atoms with Crippen LogP contribution in [0.4, 0.5) is 5.82 Å². The van der Waals surface area contributed by atoms with Crippen LogP contribution in [0.15, 0.2) is 42.5 Å². The molecule has 0 atom stereocenters. The Morgan fingerprint density at radius 1 is 1.06 bits per heavy atom. The lowest BCUT2D eigenvalue weighted by Crippen LogP contribution is -2.27. The van der Waals surface area contributed by atoms with Gasteiger partial charge in [0.25, 0.3) is 5.91 Å². The van der Waals surface area contributed by atoms with E-state index in [1.807, 2.05) is 24.3 Å². The Kier molecular flexibility index (Phi) is 6.18. The number of aromatic nitrogens is 2. The Labute approximate surface area is 181 Å². The Bertz CT molecular complexity index is 1090. The number of ether oxygens (including phenoxy) is 2.